The number of nitrogens with one attached hydrogen (secondary N) is 1. The van der Waals surface area contributed by atoms with E-state index in [0.717, 1.165) is 12.1 Å². The van der Waals surface area contributed by atoms with Crippen LogP contribution in [0.1, 0.15) is 17.4 Å². The van der Waals surface area contributed by atoms with Crippen LogP contribution in [-0.4, -0.2) is 44.8 Å². The smallest absolute Gasteiger partial charge is 0.338 e. The molecule has 7 nitrogen and oxygen atoms in total. The molecule has 2 heterocycles. The highest BCUT2D eigenvalue weighted by Crippen LogP contribution is 2.17. The summed E-state index contributed by atoms with van der Waals surface area (Å²) in [6.45, 7) is 3.69. The highest BCUT2D eigenvalue weighted by molar-refractivity contribution is 5.76. The van der Waals surface area contributed by atoms with Gasteiger partial charge in [-0.05, 0) is 24.6 Å². The lowest BCUT2D eigenvalue weighted by Crippen LogP contribution is -2.49. The van der Waals surface area contributed by atoms with E-state index >= 15 is 0 Å². The van der Waals surface area contributed by atoms with Crippen LogP contribution in [0.3, 0.4) is 0 Å². The zero-order chi connectivity index (χ0) is 19.5. The number of aromatic nitrogens is 3. The molecule has 28 heavy (non-hydrogen) atoms. The summed E-state index contributed by atoms with van der Waals surface area (Å²) in [5, 5.41) is 7.78. The molecule has 1 fully saturated rings. The Kier molecular flexibility index (Phi) is 5.08. The Hall–Kier alpha value is -3.19. The summed E-state index contributed by atoms with van der Waals surface area (Å²) in [5.74, 6) is 0.456. The Morgan fingerprint density at radius 1 is 1.11 bits per heavy atom. The van der Waals surface area contributed by atoms with E-state index in [-0.39, 0.29) is 24.2 Å². The molecular weight excluding hydrogens is 354 g/mol. The van der Waals surface area contributed by atoms with Gasteiger partial charge in [0.05, 0.1) is 5.69 Å². The number of hydrogen-bond acceptors (Lipinski definition) is 4. The fourth-order valence-corrected chi connectivity index (χ4v) is 3.53. The molecular formula is C21H23N5O2. The number of amides is 1. The molecule has 1 aliphatic rings. The lowest BCUT2D eigenvalue weighted by Gasteiger charge is -2.34. The Morgan fingerprint density at radius 3 is 2.50 bits per heavy atom. The Labute approximate surface area is 163 Å². The van der Waals surface area contributed by atoms with Crippen molar-refractivity contribution >= 4 is 5.91 Å². The van der Waals surface area contributed by atoms with E-state index in [1.54, 1.807) is 6.92 Å². The molecule has 0 saturated carbocycles. The lowest BCUT2D eigenvalue weighted by molar-refractivity contribution is -0.133. The van der Waals surface area contributed by atoms with Gasteiger partial charge in [0, 0.05) is 25.7 Å². The van der Waals surface area contributed by atoms with Gasteiger partial charge in [-0.25, -0.2) is 4.79 Å². The number of hydrogen-bond donors (Lipinski definition) is 1. The molecule has 1 amide bonds. The van der Waals surface area contributed by atoms with Crippen LogP contribution in [0.5, 0.6) is 0 Å². The Bertz CT molecular complexity index is 1010. The first kappa shape index (κ1) is 18.2. The number of nitrogens with zero attached hydrogens (tertiary/aromatic N) is 4. The van der Waals surface area contributed by atoms with Gasteiger partial charge in [-0.15, -0.1) is 0 Å². The Morgan fingerprint density at radius 2 is 1.79 bits per heavy atom. The molecule has 1 N–H and O–H groups in total. The first-order valence-electron chi connectivity index (χ1n) is 9.41. The van der Waals surface area contributed by atoms with Gasteiger partial charge in [0.1, 0.15) is 12.4 Å². The highest BCUT2D eigenvalue weighted by atomic mass is 16.2. The van der Waals surface area contributed by atoms with Crippen LogP contribution >= 0.6 is 0 Å². The quantitative estimate of drug-likeness (QED) is 0.748. The fraction of sp³-hybridized carbons (Fsp3) is 0.286. The molecule has 1 saturated heterocycles. The minimum Gasteiger partial charge on any atom is -0.338 e. The van der Waals surface area contributed by atoms with Crippen molar-refractivity contribution in [2.45, 2.75) is 19.5 Å². The summed E-state index contributed by atoms with van der Waals surface area (Å²) in [7, 11) is 0. The zero-order valence-electron chi connectivity index (χ0n) is 15.8. The average molecular weight is 377 g/mol. The molecule has 0 spiro atoms. The Balaban J connectivity index is 1.51. The minimum absolute atomic E-state index is 0.000982. The molecule has 0 aliphatic carbocycles. The van der Waals surface area contributed by atoms with Crippen molar-refractivity contribution in [2.24, 2.45) is 0 Å². The third-order valence-electron chi connectivity index (χ3n) is 5.07. The number of para-hydroxylation sites is 1. The summed E-state index contributed by atoms with van der Waals surface area (Å²) in [6.07, 6.45) is 0. The fourth-order valence-electron chi connectivity index (χ4n) is 3.53. The highest BCUT2D eigenvalue weighted by Gasteiger charge is 2.25. The van der Waals surface area contributed by atoms with E-state index in [0.29, 0.717) is 24.6 Å². The van der Waals surface area contributed by atoms with Crippen molar-refractivity contribution < 1.29 is 4.79 Å². The van der Waals surface area contributed by atoms with E-state index in [9.17, 15) is 9.59 Å². The predicted molar refractivity (Wildman–Crippen MR) is 106 cm³/mol. The van der Waals surface area contributed by atoms with Gasteiger partial charge in [0.2, 0.25) is 5.91 Å². The molecule has 1 aliphatic heterocycles. The van der Waals surface area contributed by atoms with Gasteiger partial charge in [-0.1, -0.05) is 48.5 Å². The molecule has 144 valence electrons. The van der Waals surface area contributed by atoms with E-state index in [1.807, 2.05) is 53.4 Å². The second-order valence-electron chi connectivity index (χ2n) is 6.92. The minimum atomic E-state index is -0.299. The van der Waals surface area contributed by atoms with E-state index < -0.39 is 0 Å². The van der Waals surface area contributed by atoms with Gasteiger partial charge >= 0.3 is 5.69 Å². The maximum absolute atomic E-state index is 12.9. The van der Waals surface area contributed by atoms with Crippen LogP contribution in [-0.2, 0) is 11.3 Å². The first-order chi connectivity index (χ1) is 13.6. The van der Waals surface area contributed by atoms with Crippen LogP contribution in [0.15, 0.2) is 65.5 Å². The summed E-state index contributed by atoms with van der Waals surface area (Å²) in [4.78, 5) is 27.5. The number of piperazine rings is 1. The third kappa shape index (κ3) is 3.61. The van der Waals surface area contributed by atoms with Gasteiger partial charge < -0.3 is 10.2 Å². The second kappa shape index (κ2) is 7.82. The first-order valence-corrected chi connectivity index (χ1v) is 9.41. The zero-order valence-corrected chi connectivity index (χ0v) is 15.8. The summed E-state index contributed by atoms with van der Waals surface area (Å²) in [5.41, 5.74) is 1.55. The van der Waals surface area contributed by atoms with Crippen molar-refractivity contribution in [1.29, 1.82) is 0 Å². The molecule has 0 bridgehead atoms. The molecule has 1 atom stereocenters. The molecule has 7 heteroatoms. The maximum Gasteiger partial charge on any atom is 0.351 e. The van der Waals surface area contributed by atoms with Gasteiger partial charge in [-0.2, -0.15) is 9.78 Å². The largest absolute Gasteiger partial charge is 0.351 e. The van der Waals surface area contributed by atoms with Gasteiger partial charge in [0.25, 0.3) is 0 Å². The summed E-state index contributed by atoms with van der Waals surface area (Å²) >= 11 is 0. The molecule has 1 aromatic heterocycles. The number of carbonyl (C=O) groups excluding carboxylic acids is 1. The molecule has 4 rings (SSSR count). The van der Waals surface area contributed by atoms with Crippen LogP contribution < -0.4 is 11.0 Å². The van der Waals surface area contributed by atoms with Crippen LogP contribution in [0, 0.1) is 6.92 Å². The van der Waals surface area contributed by atoms with Crippen molar-refractivity contribution in [1.82, 2.24) is 24.6 Å². The monoisotopic (exact) mass is 377 g/mol. The number of carbonyl (C=O) groups is 1. The van der Waals surface area contributed by atoms with Crippen LogP contribution in [0.2, 0.25) is 0 Å². The number of benzene rings is 2. The van der Waals surface area contributed by atoms with Crippen LogP contribution in [0.25, 0.3) is 5.69 Å². The van der Waals surface area contributed by atoms with Crippen molar-refractivity contribution in [3.63, 3.8) is 0 Å². The summed E-state index contributed by atoms with van der Waals surface area (Å²) < 4.78 is 2.78. The van der Waals surface area contributed by atoms with Crippen molar-refractivity contribution in [3.8, 4) is 5.69 Å². The third-order valence-corrected chi connectivity index (χ3v) is 5.07. The van der Waals surface area contributed by atoms with Gasteiger partial charge in [0.15, 0.2) is 0 Å². The topological polar surface area (TPSA) is 72.2 Å². The van der Waals surface area contributed by atoms with Crippen molar-refractivity contribution in [3.05, 3.63) is 82.5 Å². The maximum atomic E-state index is 12.9. The van der Waals surface area contributed by atoms with Crippen LogP contribution in [0.4, 0.5) is 0 Å². The van der Waals surface area contributed by atoms with Crippen molar-refractivity contribution in [2.75, 3.05) is 19.6 Å². The number of aryl methyl sites for hydroxylation is 1. The second-order valence-corrected chi connectivity index (χ2v) is 6.92. The molecule has 2 aromatic carbocycles. The van der Waals surface area contributed by atoms with E-state index in [4.69, 9.17) is 0 Å². The standard InChI is InChI=1S/C21H23N5O2/c1-16-23-26(18-10-6-3-7-11-18)21(28)25(16)15-20(27)24-13-12-22-19(14-24)17-8-4-2-5-9-17/h2-11,19,22H,12-15H2,1H3. The summed E-state index contributed by atoms with van der Waals surface area (Å²) in [6, 6.07) is 19.4. The number of rotatable bonds is 4. The molecule has 3 aromatic rings. The van der Waals surface area contributed by atoms with Gasteiger partial charge in [-0.3, -0.25) is 9.36 Å². The average Bonchev–Trinajstić information content (AvgIpc) is 3.03. The molecule has 0 radical (unpaired) electrons. The molecule has 1 unspecified atom stereocenters. The predicted octanol–water partition coefficient (Wildman–Crippen LogP) is 1.52. The SMILES string of the molecule is Cc1nn(-c2ccccc2)c(=O)n1CC(=O)N1CCNC(c2ccccc2)C1. The van der Waals surface area contributed by atoms with E-state index in [2.05, 4.69) is 22.5 Å². The lowest BCUT2D eigenvalue weighted by atomic mass is 10.0. The normalized spacial score (nSPS) is 16.9. The van der Waals surface area contributed by atoms with E-state index in [1.165, 1.54) is 9.25 Å².